The molecule has 0 aromatic carbocycles. The number of hydrogen-bond donors (Lipinski definition) is 2. The summed E-state index contributed by atoms with van der Waals surface area (Å²) in [5, 5.41) is 11.5. The monoisotopic (exact) mass is 256 g/mol. The number of carboxylic acid groups (broad SMARTS) is 1. The van der Waals surface area contributed by atoms with E-state index in [1.54, 1.807) is 0 Å². The van der Waals surface area contributed by atoms with Crippen LogP contribution in [0.5, 0.6) is 0 Å². The fraction of sp³-hybridized carbons (Fsp3) is 0.846. The quantitative estimate of drug-likeness (QED) is 0.699. The molecular formula is C13H24N2O3. The van der Waals surface area contributed by atoms with Gasteiger partial charge in [0.15, 0.2) is 0 Å². The number of nitrogens with zero attached hydrogens (tertiary/aromatic N) is 1. The van der Waals surface area contributed by atoms with Crippen LogP contribution in [0.2, 0.25) is 0 Å². The Kier molecular flexibility index (Phi) is 5.95. The Morgan fingerprint density at radius 2 is 2.11 bits per heavy atom. The summed E-state index contributed by atoms with van der Waals surface area (Å²) >= 11 is 0. The molecule has 0 saturated heterocycles. The highest BCUT2D eigenvalue weighted by atomic mass is 16.4. The first-order valence-electron chi connectivity index (χ1n) is 6.83. The maximum absolute atomic E-state index is 12.0. The standard InChI is InChI=1S/C13H24N2O3/c1-3-9-15(11-7-8-11)13(18)14-10(2)5-4-6-12(16)17/h10-11H,3-9H2,1-2H3,(H,14,18)(H,16,17). The number of carboxylic acids is 1. The van der Waals surface area contributed by atoms with Gasteiger partial charge in [0.2, 0.25) is 0 Å². The van der Waals surface area contributed by atoms with Gasteiger partial charge in [-0.1, -0.05) is 6.92 Å². The Hall–Kier alpha value is -1.26. The van der Waals surface area contributed by atoms with Crippen molar-refractivity contribution in [2.45, 2.75) is 64.5 Å². The van der Waals surface area contributed by atoms with Crippen molar-refractivity contribution in [2.24, 2.45) is 0 Å². The summed E-state index contributed by atoms with van der Waals surface area (Å²) in [6, 6.07) is 0.466. The average molecular weight is 256 g/mol. The average Bonchev–Trinajstić information content (AvgIpc) is 3.08. The Balaban J connectivity index is 2.26. The molecule has 1 fully saturated rings. The van der Waals surface area contributed by atoms with Gasteiger partial charge in [0.25, 0.3) is 0 Å². The minimum Gasteiger partial charge on any atom is -0.481 e. The first kappa shape index (κ1) is 14.8. The number of urea groups is 1. The number of nitrogens with one attached hydrogen (secondary N) is 1. The number of carbonyl (C=O) groups is 2. The third-order valence-corrected chi connectivity index (χ3v) is 3.11. The summed E-state index contributed by atoms with van der Waals surface area (Å²) in [4.78, 5) is 24.3. The lowest BCUT2D eigenvalue weighted by molar-refractivity contribution is -0.137. The van der Waals surface area contributed by atoms with E-state index in [-0.39, 0.29) is 18.5 Å². The minimum absolute atomic E-state index is 0.00201. The lowest BCUT2D eigenvalue weighted by Crippen LogP contribution is -2.45. The van der Waals surface area contributed by atoms with Crippen molar-refractivity contribution < 1.29 is 14.7 Å². The highest BCUT2D eigenvalue weighted by Crippen LogP contribution is 2.27. The van der Waals surface area contributed by atoms with Crippen LogP contribution in [0.25, 0.3) is 0 Å². The molecule has 0 heterocycles. The van der Waals surface area contributed by atoms with Crippen molar-refractivity contribution in [1.29, 1.82) is 0 Å². The molecule has 1 unspecified atom stereocenters. The fourth-order valence-electron chi connectivity index (χ4n) is 2.00. The maximum atomic E-state index is 12.0. The van der Waals surface area contributed by atoms with Crippen LogP contribution in [-0.4, -0.2) is 40.6 Å². The van der Waals surface area contributed by atoms with Gasteiger partial charge in [-0.3, -0.25) is 4.79 Å². The van der Waals surface area contributed by atoms with Gasteiger partial charge in [-0.15, -0.1) is 0 Å². The number of carbonyl (C=O) groups excluding carboxylic acids is 1. The third-order valence-electron chi connectivity index (χ3n) is 3.11. The highest BCUT2D eigenvalue weighted by Gasteiger charge is 2.32. The Bertz CT molecular complexity index is 290. The first-order valence-corrected chi connectivity index (χ1v) is 6.83. The second-order valence-corrected chi connectivity index (χ2v) is 5.06. The zero-order valence-corrected chi connectivity index (χ0v) is 11.3. The van der Waals surface area contributed by atoms with Crippen LogP contribution in [0.1, 0.15) is 52.4 Å². The largest absolute Gasteiger partial charge is 0.481 e. The van der Waals surface area contributed by atoms with Crippen molar-refractivity contribution in [2.75, 3.05) is 6.54 Å². The molecule has 2 amide bonds. The highest BCUT2D eigenvalue weighted by molar-refractivity contribution is 5.75. The third kappa shape index (κ3) is 5.38. The molecule has 0 aromatic heterocycles. The van der Waals surface area contributed by atoms with Crippen LogP contribution < -0.4 is 5.32 Å². The molecule has 1 atom stereocenters. The van der Waals surface area contributed by atoms with Gasteiger partial charge < -0.3 is 15.3 Å². The van der Waals surface area contributed by atoms with Crippen LogP contribution >= 0.6 is 0 Å². The summed E-state index contributed by atoms with van der Waals surface area (Å²) in [6.45, 7) is 4.80. The molecule has 1 saturated carbocycles. The van der Waals surface area contributed by atoms with Gasteiger partial charge in [-0.05, 0) is 39.0 Å². The molecule has 1 aliphatic rings. The molecule has 0 aromatic rings. The van der Waals surface area contributed by atoms with E-state index in [0.717, 1.165) is 25.8 Å². The zero-order chi connectivity index (χ0) is 13.5. The first-order chi connectivity index (χ1) is 8.54. The van der Waals surface area contributed by atoms with Gasteiger partial charge >= 0.3 is 12.0 Å². The van der Waals surface area contributed by atoms with Crippen LogP contribution in [0.15, 0.2) is 0 Å². The van der Waals surface area contributed by atoms with E-state index in [1.165, 1.54) is 0 Å². The van der Waals surface area contributed by atoms with Crippen LogP contribution in [-0.2, 0) is 4.79 Å². The molecule has 5 heteroatoms. The van der Waals surface area contributed by atoms with E-state index in [9.17, 15) is 9.59 Å². The normalized spacial score (nSPS) is 16.1. The van der Waals surface area contributed by atoms with Gasteiger partial charge in [-0.2, -0.15) is 0 Å². The molecule has 1 aliphatic carbocycles. The van der Waals surface area contributed by atoms with E-state index >= 15 is 0 Å². The molecule has 1 rings (SSSR count). The topological polar surface area (TPSA) is 69.6 Å². The van der Waals surface area contributed by atoms with Crippen molar-refractivity contribution in [1.82, 2.24) is 10.2 Å². The van der Waals surface area contributed by atoms with Crippen molar-refractivity contribution in [3.8, 4) is 0 Å². The van der Waals surface area contributed by atoms with Gasteiger partial charge in [0, 0.05) is 25.0 Å². The zero-order valence-electron chi connectivity index (χ0n) is 11.3. The second kappa shape index (κ2) is 7.24. The Morgan fingerprint density at radius 3 is 2.61 bits per heavy atom. The predicted octanol–water partition coefficient (Wildman–Crippen LogP) is 2.21. The van der Waals surface area contributed by atoms with Crippen molar-refractivity contribution in [3.05, 3.63) is 0 Å². The van der Waals surface area contributed by atoms with E-state index in [0.29, 0.717) is 18.9 Å². The van der Waals surface area contributed by atoms with E-state index in [4.69, 9.17) is 5.11 Å². The van der Waals surface area contributed by atoms with E-state index in [2.05, 4.69) is 12.2 Å². The molecule has 0 aliphatic heterocycles. The summed E-state index contributed by atoms with van der Waals surface area (Å²) in [7, 11) is 0. The second-order valence-electron chi connectivity index (χ2n) is 5.06. The predicted molar refractivity (Wildman–Crippen MR) is 69.5 cm³/mol. The molecule has 0 bridgehead atoms. The number of aliphatic carboxylic acids is 1. The van der Waals surface area contributed by atoms with Crippen LogP contribution in [0.4, 0.5) is 4.79 Å². The summed E-state index contributed by atoms with van der Waals surface area (Å²) in [5.41, 5.74) is 0. The van der Waals surface area contributed by atoms with Crippen LogP contribution in [0, 0.1) is 0 Å². The minimum atomic E-state index is -0.779. The molecule has 2 N–H and O–H groups in total. The molecule has 0 spiro atoms. The lowest BCUT2D eigenvalue weighted by Gasteiger charge is -2.24. The molecule has 0 radical (unpaired) electrons. The van der Waals surface area contributed by atoms with E-state index < -0.39 is 5.97 Å². The molecule has 104 valence electrons. The molecule has 5 nitrogen and oxygen atoms in total. The fourth-order valence-corrected chi connectivity index (χ4v) is 2.00. The SMILES string of the molecule is CCCN(C(=O)NC(C)CCCC(=O)O)C1CC1. The van der Waals surface area contributed by atoms with Crippen molar-refractivity contribution >= 4 is 12.0 Å². The summed E-state index contributed by atoms with van der Waals surface area (Å²) in [5.74, 6) is -0.779. The number of amides is 2. The number of rotatable bonds is 8. The van der Waals surface area contributed by atoms with Crippen LogP contribution in [0.3, 0.4) is 0 Å². The Labute approximate surface area is 109 Å². The maximum Gasteiger partial charge on any atom is 0.317 e. The number of hydrogen-bond acceptors (Lipinski definition) is 2. The Morgan fingerprint density at radius 1 is 1.44 bits per heavy atom. The summed E-state index contributed by atoms with van der Waals surface area (Å²) in [6.07, 6.45) is 4.68. The summed E-state index contributed by atoms with van der Waals surface area (Å²) < 4.78 is 0. The van der Waals surface area contributed by atoms with E-state index in [1.807, 2.05) is 11.8 Å². The molecular weight excluding hydrogens is 232 g/mol. The van der Waals surface area contributed by atoms with Crippen molar-refractivity contribution in [3.63, 3.8) is 0 Å². The smallest absolute Gasteiger partial charge is 0.317 e. The molecule has 18 heavy (non-hydrogen) atoms. The lowest BCUT2D eigenvalue weighted by atomic mass is 10.1. The van der Waals surface area contributed by atoms with Gasteiger partial charge in [-0.25, -0.2) is 4.79 Å². The van der Waals surface area contributed by atoms with Gasteiger partial charge in [0.1, 0.15) is 0 Å². The van der Waals surface area contributed by atoms with Gasteiger partial charge in [0.05, 0.1) is 0 Å².